The molecule has 1 aliphatic rings. The topological polar surface area (TPSA) is 62.3 Å². The highest BCUT2D eigenvalue weighted by Crippen LogP contribution is 2.36. The van der Waals surface area contributed by atoms with Crippen molar-refractivity contribution in [3.05, 3.63) is 30.2 Å². The summed E-state index contributed by atoms with van der Waals surface area (Å²) < 4.78 is 19.0. The zero-order chi connectivity index (χ0) is 15.3. The van der Waals surface area contributed by atoms with Crippen molar-refractivity contribution in [2.75, 3.05) is 0 Å². The minimum atomic E-state index is -0.386. The number of nitrogens with zero attached hydrogens (tertiary/aromatic N) is 3. The highest BCUT2D eigenvalue weighted by atomic mass is 16.7. The zero-order valence-corrected chi connectivity index (χ0v) is 13.1. The molecule has 1 fully saturated rings. The van der Waals surface area contributed by atoms with E-state index in [1.165, 1.54) is 0 Å². The van der Waals surface area contributed by atoms with Crippen molar-refractivity contribution in [3.8, 4) is 0 Å². The van der Waals surface area contributed by atoms with Gasteiger partial charge in [-0.05, 0) is 27.7 Å². The fourth-order valence-electron chi connectivity index (χ4n) is 2.21. The van der Waals surface area contributed by atoms with Crippen LogP contribution in [-0.4, -0.2) is 33.1 Å². The van der Waals surface area contributed by atoms with Crippen LogP contribution in [0.15, 0.2) is 23.1 Å². The second kappa shape index (κ2) is 4.71. The van der Waals surface area contributed by atoms with Crippen LogP contribution in [0.4, 0.5) is 0 Å². The van der Waals surface area contributed by atoms with E-state index >= 15 is 0 Å². The lowest BCUT2D eigenvalue weighted by Gasteiger charge is -2.32. The first-order valence-corrected chi connectivity index (χ1v) is 7.06. The lowest BCUT2D eigenvalue weighted by Crippen LogP contribution is -2.41. The van der Waals surface area contributed by atoms with E-state index < -0.39 is 0 Å². The number of aryl methyl sites for hydroxylation is 1. The highest BCUT2D eigenvalue weighted by Gasteiger charge is 2.52. The number of oxazole rings is 1. The molecule has 0 atom stereocenters. The molecule has 0 N–H and O–H groups in total. The second-order valence-corrected chi connectivity index (χ2v) is 6.42. The molecule has 2 aromatic rings. The van der Waals surface area contributed by atoms with Gasteiger partial charge in [-0.15, -0.1) is 0 Å². The normalized spacial score (nSPS) is 20.1. The molecule has 3 rings (SSSR count). The van der Waals surface area contributed by atoms with Gasteiger partial charge in [0, 0.05) is 24.8 Å². The molecule has 3 heterocycles. The molecule has 0 saturated carbocycles. The third-order valence-electron chi connectivity index (χ3n) is 4.17. The molecule has 21 heavy (non-hydrogen) atoms. The SMILES string of the molecule is Cc1nc(Cn2cc(B3OC(C)(C)C(C)(C)O3)cn2)co1. The van der Waals surface area contributed by atoms with E-state index in [0.717, 1.165) is 11.2 Å². The summed E-state index contributed by atoms with van der Waals surface area (Å²) in [6, 6.07) is 0. The van der Waals surface area contributed by atoms with Crippen LogP contribution in [0.5, 0.6) is 0 Å². The number of aromatic nitrogens is 3. The molecule has 1 aliphatic heterocycles. The van der Waals surface area contributed by atoms with Crippen LogP contribution in [0.2, 0.25) is 0 Å². The highest BCUT2D eigenvalue weighted by molar-refractivity contribution is 6.61. The zero-order valence-electron chi connectivity index (χ0n) is 13.1. The summed E-state index contributed by atoms with van der Waals surface area (Å²) in [6.07, 6.45) is 5.34. The first kappa shape index (κ1) is 14.3. The molecule has 0 spiro atoms. The molecular formula is C14H20BN3O3. The van der Waals surface area contributed by atoms with Gasteiger partial charge in [0.15, 0.2) is 5.89 Å². The van der Waals surface area contributed by atoms with Crippen molar-refractivity contribution >= 4 is 12.6 Å². The Bertz CT molecular complexity index is 631. The van der Waals surface area contributed by atoms with Gasteiger partial charge in [0.1, 0.15) is 12.0 Å². The van der Waals surface area contributed by atoms with E-state index in [0.29, 0.717) is 12.4 Å². The van der Waals surface area contributed by atoms with Crippen LogP contribution >= 0.6 is 0 Å². The van der Waals surface area contributed by atoms with E-state index in [9.17, 15) is 0 Å². The van der Waals surface area contributed by atoms with Gasteiger partial charge in [-0.25, -0.2) is 4.98 Å². The fraction of sp³-hybridized carbons (Fsp3) is 0.571. The van der Waals surface area contributed by atoms with Crippen LogP contribution < -0.4 is 5.46 Å². The average molecular weight is 289 g/mol. The van der Waals surface area contributed by atoms with Gasteiger partial charge in [-0.2, -0.15) is 5.10 Å². The minimum absolute atomic E-state index is 0.344. The van der Waals surface area contributed by atoms with Gasteiger partial charge in [0.25, 0.3) is 0 Å². The predicted molar refractivity (Wildman–Crippen MR) is 78.3 cm³/mol. The summed E-state index contributed by atoms with van der Waals surface area (Å²) in [5.74, 6) is 0.656. The first-order valence-electron chi connectivity index (χ1n) is 7.06. The van der Waals surface area contributed by atoms with Gasteiger partial charge < -0.3 is 13.7 Å². The summed E-state index contributed by atoms with van der Waals surface area (Å²) in [7, 11) is -0.386. The molecule has 112 valence electrons. The van der Waals surface area contributed by atoms with Crippen molar-refractivity contribution in [3.63, 3.8) is 0 Å². The first-order chi connectivity index (χ1) is 9.77. The summed E-state index contributed by atoms with van der Waals surface area (Å²) in [4.78, 5) is 4.27. The minimum Gasteiger partial charge on any atom is -0.449 e. The van der Waals surface area contributed by atoms with Crippen molar-refractivity contribution in [1.29, 1.82) is 0 Å². The van der Waals surface area contributed by atoms with Crippen molar-refractivity contribution in [2.45, 2.75) is 52.4 Å². The van der Waals surface area contributed by atoms with E-state index in [1.54, 1.807) is 17.1 Å². The van der Waals surface area contributed by atoms with Gasteiger partial charge in [0.2, 0.25) is 0 Å². The van der Waals surface area contributed by atoms with E-state index in [1.807, 2.05) is 40.8 Å². The molecule has 0 bridgehead atoms. The maximum atomic E-state index is 6.01. The Kier molecular flexibility index (Phi) is 3.22. The molecular weight excluding hydrogens is 269 g/mol. The monoisotopic (exact) mass is 289 g/mol. The molecule has 0 aliphatic carbocycles. The smallest absolute Gasteiger partial charge is 0.449 e. The number of hydrogen-bond donors (Lipinski definition) is 0. The van der Waals surface area contributed by atoms with Gasteiger partial charge in [-0.3, -0.25) is 4.68 Å². The van der Waals surface area contributed by atoms with Crippen molar-refractivity contribution < 1.29 is 13.7 Å². The Hall–Kier alpha value is -1.60. The van der Waals surface area contributed by atoms with E-state index in [4.69, 9.17) is 13.7 Å². The molecule has 0 unspecified atom stereocenters. The Morgan fingerprint density at radius 2 is 1.86 bits per heavy atom. The number of hydrogen-bond acceptors (Lipinski definition) is 5. The maximum absolute atomic E-state index is 6.01. The number of rotatable bonds is 3. The Morgan fingerprint density at radius 3 is 2.43 bits per heavy atom. The summed E-state index contributed by atoms with van der Waals surface area (Å²) in [6.45, 7) is 10.5. The van der Waals surface area contributed by atoms with Crippen LogP contribution in [-0.2, 0) is 15.9 Å². The van der Waals surface area contributed by atoms with E-state index in [-0.39, 0.29) is 18.3 Å². The molecule has 6 nitrogen and oxygen atoms in total. The van der Waals surface area contributed by atoms with Crippen molar-refractivity contribution in [1.82, 2.24) is 14.8 Å². The Balaban J connectivity index is 1.74. The van der Waals surface area contributed by atoms with Crippen LogP contribution in [0.25, 0.3) is 0 Å². The lowest BCUT2D eigenvalue weighted by molar-refractivity contribution is 0.00578. The van der Waals surface area contributed by atoms with Crippen LogP contribution in [0, 0.1) is 6.92 Å². The van der Waals surface area contributed by atoms with Gasteiger partial charge in [-0.1, -0.05) is 0 Å². The Labute approximate surface area is 124 Å². The average Bonchev–Trinajstić information content (AvgIpc) is 3.01. The Morgan fingerprint density at radius 1 is 1.19 bits per heavy atom. The molecule has 1 saturated heterocycles. The summed E-state index contributed by atoms with van der Waals surface area (Å²) in [5.41, 5.74) is 1.07. The second-order valence-electron chi connectivity index (χ2n) is 6.42. The molecule has 0 radical (unpaired) electrons. The molecule has 0 aromatic carbocycles. The van der Waals surface area contributed by atoms with E-state index in [2.05, 4.69) is 10.1 Å². The standard InChI is InChI=1S/C14H20BN3O3/c1-10-17-12(9-19-10)8-18-7-11(6-16-18)15-20-13(2,3)14(4,5)21-15/h6-7,9H,8H2,1-5H3. The predicted octanol–water partition coefficient (Wildman–Crippen LogP) is 1.53. The third-order valence-corrected chi connectivity index (χ3v) is 4.17. The van der Waals surface area contributed by atoms with Crippen LogP contribution in [0.3, 0.4) is 0 Å². The third kappa shape index (κ3) is 2.63. The summed E-state index contributed by atoms with van der Waals surface area (Å²) >= 11 is 0. The lowest BCUT2D eigenvalue weighted by atomic mass is 9.82. The largest absolute Gasteiger partial charge is 0.498 e. The summed E-state index contributed by atoms with van der Waals surface area (Å²) in [5, 5.41) is 4.34. The quantitative estimate of drug-likeness (QED) is 0.802. The fourth-order valence-corrected chi connectivity index (χ4v) is 2.21. The molecule has 2 aromatic heterocycles. The molecule has 7 heteroatoms. The van der Waals surface area contributed by atoms with Gasteiger partial charge >= 0.3 is 7.12 Å². The van der Waals surface area contributed by atoms with Gasteiger partial charge in [0.05, 0.1) is 17.7 Å². The molecule has 0 amide bonds. The van der Waals surface area contributed by atoms with Crippen LogP contribution in [0.1, 0.15) is 39.3 Å². The maximum Gasteiger partial charge on any atom is 0.498 e. The van der Waals surface area contributed by atoms with Crippen molar-refractivity contribution in [2.24, 2.45) is 0 Å².